The molecule has 0 N–H and O–H groups in total. The SMILES string of the molecule is C=CCc1c(C)cc(C)cc1C(OC(c1cc(C)cc(C)c1CC=C)C(F)(F)F)C(F)(F)F. The van der Waals surface area contributed by atoms with Gasteiger partial charge < -0.3 is 4.74 Å². The molecule has 2 rings (SSSR count). The second-order valence-corrected chi connectivity index (χ2v) is 8.26. The number of halogens is 6. The Morgan fingerprint density at radius 3 is 1.30 bits per heavy atom. The van der Waals surface area contributed by atoms with Crippen molar-refractivity contribution in [2.75, 3.05) is 0 Å². The monoisotopic (exact) mass is 470 g/mol. The quantitative estimate of drug-likeness (QED) is 0.279. The number of alkyl halides is 6. The Kier molecular flexibility index (Phi) is 8.22. The predicted octanol–water partition coefficient (Wildman–Crippen LogP) is 8.30. The maximum absolute atomic E-state index is 14.2. The Morgan fingerprint density at radius 1 is 0.697 bits per heavy atom. The topological polar surface area (TPSA) is 9.23 Å². The lowest BCUT2D eigenvalue weighted by atomic mass is 9.91. The number of aryl methyl sites for hydroxylation is 4. The lowest BCUT2D eigenvalue weighted by Gasteiger charge is -2.31. The van der Waals surface area contributed by atoms with Crippen LogP contribution < -0.4 is 0 Å². The molecule has 180 valence electrons. The van der Waals surface area contributed by atoms with Crippen LogP contribution in [-0.4, -0.2) is 12.4 Å². The molecule has 0 spiro atoms. The molecular formula is C26H28F6O. The minimum atomic E-state index is -5.07. The summed E-state index contributed by atoms with van der Waals surface area (Å²) in [7, 11) is 0. The third-order valence-electron chi connectivity index (χ3n) is 5.43. The summed E-state index contributed by atoms with van der Waals surface area (Å²) < 4.78 is 90.4. The van der Waals surface area contributed by atoms with Crippen LogP contribution in [0.1, 0.15) is 56.7 Å². The van der Waals surface area contributed by atoms with Crippen LogP contribution >= 0.6 is 0 Å². The largest absolute Gasteiger partial charge is 0.418 e. The number of hydrogen-bond donors (Lipinski definition) is 0. The van der Waals surface area contributed by atoms with Crippen LogP contribution in [0.5, 0.6) is 0 Å². The number of benzene rings is 2. The lowest BCUT2D eigenvalue weighted by Crippen LogP contribution is -2.33. The van der Waals surface area contributed by atoms with Gasteiger partial charge in [0.05, 0.1) is 0 Å². The zero-order valence-electron chi connectivity index (χ0n) is 19.1. The second-order valence-electron chi connectivity index (χ2n) is 8.26. The van der Waals surface area contributed by atoms with E-state index in [0.29, 0.717) is 22.3 Å². The standard InChI is InChI=1S/C26H28F6O/c1-7-9-19-17(5)11-15(3)13-21(19)23(25(27,28)29)33-24(26(30,31)32)22-14-16(4)12-18(6)20(22)10-8-2/h7-8,11-14,23-24H,1-2,9-10H2,3-6H3. The molecule has 0 saturated heterocycles. The van der Waals surface area contributed by atoms with Crippen molar-refractivity contribution in [1.29, 1.82) is 0 Å². The van der Waals surface area contributed by atoms with Gasteiger partial charge in [0, 0.05) is 0 Å². The van der Waals surface area contributed by atoms with Gasteiger partial charge in [-0.05, 0) is 73.9 Å². The van der Waals surface area contributed by atoms with Crippen LogP contribution in [0.4, 0.5) is 26.3 Å². The van der Waals surface area contributed by atoms with Gasteiger partial charge in [0.2, 0.25) is 0 Å². The first-order valence-electron chi connectivity index (χ1n) is 10.4. The van der Waals surface area contributed by atoms with E-state index in [0.717, 1.165) is 0 Å². The van der Waals surface area contributed by atoms with Crippen molar-refractivity contribution in [1.82, 2.24) is 0 Å². The van der Waals surface area contributed by atoms with E-state index in [9.17, 15) is 26.3 Å². The van der Waals surface area contributed by atoms with E-state index >= 15 is 0 Å². The van der Waals surface area contributed by atoms with Gasteiger partial charge >= 0.3 is 12.4 Å². The summed E-state index contributed by atoms with van der Waals surface area (Å²) in [6.07, 6.45) is -12.7. The van der Waals surface area contributed by atoms with Gasteiger partial charge in [0.15, 0.2) is 12.2 Å². The first-order valence-corrected chi connectivity index (χ1v) is 10.4. The van der Waals surface area contributed by atoms with Gasteiger partial charge in [-0.15, -0.1) is 13.2 Å². The van der Waals surface area contributed by atoms with Crippen LogP contribution in [-0.2, 0) is 17.6 Å². The Hall–Kier alpha value is -2.54. The molecule has 0 aliphatic carbocycles. The fraction of sp³-hybridized carbons (Fsp3) is 0.385. The molecule has 2 atom stereocenters. The summed E-state index contributed by atoms with van der Waals surface area (Å²) >= 11 is 0. The molecular weight excluding hydrogens is 442 g/mol. The summed E-state index contributed by atoms with van der Waals surface area (Å²) in [5, 5.41) is 0. The fourth-order valence-electron chi connectivity index (χ4n) is 4.16. The van der Waals surface area contributed by atoms with Crippen molar-refractivity contribution in [2.45, 2.75) is 65.1 Å². The first kappa shape index (κ1) is 26.7. The fourth-order valence-corrected chi connectivity index (χ4v) is 4.16. The van der Waals surface area contributed by atoms with Crippen LogP contribution in [0.15, 0.2) is 49.6 Å². The highest BCUT2D eigenvalue weighted by molar-refractivity contribution is 5.43. The molecule has 0 saturated carbocycles. The number of allylic oxidation sites excluding steroid dienone is 2. The highest BCUT2D eigenvalue weighted by Crippen LogP contribution is 2.47. The normalized spacial score (nSPS) is 14.1. The Bertz CT molecular complexity index is 935. The number of ether oxygens (including phenoxy) is 1. The zero-order valence-corrected chi connectivity index (χ0v) is 19.1. The van der Waals surface area contributed by atoms with Gasteiger partial charge in [0.1, 0.15) is 0 Å². The molecule has 2 unspecified atom stereocenters. The van der Waals surface area contributed by atoms with E-state index in [1.807, 2.05) is 0 Å². The Balaban J connectivity index is 2.77. The van der Waals surface area contributed by atoms with Crippen LogP contribution in [0.3, 0.4) is 0 Å². The van der Waals surface area contributed by atoms with Crippen LogP contribution in [0.25, 0.3) is 0 Å². The molecule has 2 aromatic rings. The third-order valence-corrected chi connectivity index (χ3v) is 5.43. The van der Waals surface area contributed by atoms with Crippen molar-refractivity contribution < 1.29 is 31.1 Å². The molecule has 1 nitrogen and oxygen atoms in total. The summed E-state index contributed by atoms with van der Waals surface area (Å²) in [6, 6.07) is 5.85. The average Bonchev–Trinajstić information content (AvgIpc) is 2.65. The van der Waals surface area contributed by atoms with Gasteiger partial charge in [0.25, 0.3) is 0 Å². The van der Waals surface area contributed by atoms with Crippen LogP contribution in [0, 0.1) is 27.7 Å². The molecule has 0 aliphatic rings. The third kappa shape index (κ3) is 6.28. The molecule has 0 amide bonds. The maximum Gasteiger partial charge on any atom is 0.418 e. The van der Waals surface area contributed by atoms with Gasteiger partial charge in [-0.1, -0.05) is 47.5 Å². The lowest BCUT2D eigenvalue weighted by molar-refractivity contribution is -0.292. The highest BCUT2D eigenvalue weighted by Gasteiger charge is 2.51. The molecule has 7 heteroatoms. The minimum Gasteiger partial charge on any atom is -0.347 e. The van der Waals surface area contributed by atoms with Gasteiger partial charge in [-0.3, -0.25) is 0 Å². The van der Waals surface area contributed by atoms with Crippen molar-refractivity contribution in [2.24, 2.45) is 0 Å². The zero-order chi connectivity index (χ0) is 25.1. The highest BCUT2D eigenvalue weighted by atomic mass is 19.4. The summed E-state index contributed by atoms with van der Waals surface area (Å²) in [4.78, 5) is 0. The van der Waals surface area contributed by atoms with Crippen molar-refractivity contribution >= 4 is 0 Å². The number of rotatable bonds is 8. The molecule has 33 heavy (non-hydrogen) atoms. The van der Waals surface area contributed by atoms with Crippen LogP contribution in [0.2, 0.25) is 0 Å². The van der Waals surface area contributed by atoms with Gasteiger partial charge in [-0.2, -0.15) is 26.3 Å². The average molecular weight is 470 g/mol. The van der Waals surface area contributed by atoms with E-state index in [4.69, 9.17) is 4.74 Å². The molecule has 0 radical (unpaired) electrons. The maximum atomic E-state index is 14.2. The molecule has 0 aromatic heterocycles. The van der Waals surface area contributed by atoms with E-state index in [2.05, 4.69) is 13.2 Å². The van der Waals surface area contributed by atoms with Crippen molar-refractivity contribution in [3.05, 3.63) is 94.1 Å². The molecule has 2 aromatic carbocycles. The van der Waals surface area contributed by atoms with E-state index in [1.54, 1.807) is 39.8 Å². The van der Waals surface area contributed by atoms with Gasteiger partial charge in [-0.25, -0.2) is 0 Å². The summed E-state index contributed by atoms with van der Waals surface area (Å²) in [5.41, 5.74) is 1.91. The second kappa shape index (κ2) is 10.2. The van der Waals surface area contributed by atoms with E-state index in [-0.39, 0.29) is 35.1 Å². The smallest absolute Gasteiger partial charge is 0.347 e. The van der Waals surface area contributed by atoms with E-state index < -0.39 is 24.6 Å². The van der Waals surface area contributed by atoms with Crippen molar-refractivity contribution in [3.63, 3.8) is 0 Å². The van der Waals surface area contributed by atoms with E-state index in [1.165, 1.54) is 24.3 Å². The molecule has 0 heterocycles. The Labute approximate surface area is 190 Å². The first-order chi connectivity index (χ1) is 15.2. The minimum absolute atomic E-state index is 0.0688. The Morgan fingerprint density at radius 2 is 1.03 bits per heavy atom. The number of hydrogen-bond acceptors (Lipinski definition) is 1. The molecule has 0 bridgehead atoms. The summed E-state index contributed by atoms with van der Waals surface area (Å²) in [6.45, 7) is 13.6. The van der Waals surface area contributed by atoms with Crippen molar-refractivity contribution in [3.8, 4) is 0 Å². The molecule has 0 aliphatic heterocycles. The molecule has 0 fully saturated rings. The summed E-state index contributed by atoms with van der Waals surface area (Å²) in [5.74, 6) is 0. The predicted molar refractivity (Wildman–Crippen MR) is 118 cm³/mol.